The molecule has 2 heterocycles. The Bertz CT molecular complexity index is 966. The second-order valence-electron chi connectivity index (χ2n) is 6.20. The average Bonchev–Trinajstić information content (AvgIpc) is 3.08. The quantitative estimate of drug-likeness (QED) is 0.778. The first-order valence-corrected chi connectivity index (χ1v) is 8.41. The highest BCUT2D eigenvalue weighted by atomic mass is 19.1. The number of rotatable bonds is 3. The molecule has 0 atom stereocenters. The van der Waals surface area contributed by atoms with E-state index < -0.39 is 17.5 Å². The number of fused-ring (bicyclic) bond motifs is 1. The van der Waals surface area contributed by atoms with Crippen molar-refractivity contribution in [3.8, 4) is 11.4 Å². The van der Waals surface area contributed by atoms with Crippen LogP contribution in [0.2, 0.25) is 0 Å². The summed E-state index contributed by atoms with van der Waals surface area (Å²) in [5.74, 6) is -0.340. The van der Waals surface area contributed by atoms with E-state index in [0.29, 0.717) is 5.69 Å². The minimum atomic E-state index is -0.768. The molecular weight excluding hydrogens is 338 g/mol. The lowest BCUT2D eigenvalue weighted by Crippen LogP contribution is -2.14. The first-order valence-electron chi connectivity index (χ1n) is 8.41. The molecule has 0 spiro atoms. The summed E-state index contributed by atoms with van der Waals surface area (Å²) in [6.45, 7) is 0.898. The number of hydrogen-bond donors (Lipinski definition) is 1. The third-order valence-electron chi connectivity index (χ3n) is 4.43. The number of aromatic nitrogens is 3. The van der Waals surface area contributed by atoms with Crippen molar-refractivity contribution < 1.29 is 13.6 Å². The van der Waals surface area contributed by atoms with Crippen molar-refractivity contribution in [2.24, 2.45) is 0 Å². The lowest BCUT2D eigenvalue weighted by atomic mass is 10.1. The molecule has 0 aliphatic carbocycles. The van der Waals surface area contributed by atoms with Crippen molar-refractivity contribution in [2.75, 3.05) is 5.32 Å². The van der Waals surface area contributed by atoms with Gasteiger partial charge in [0, 0.05) is 24.2 Å². The number of hydrogen-bond acceptors (Lipinski definition) is 3. The predicted molar refractivity (Wildman–Crippen MR) is 92.7 cm³/mol. The van der Waals surface area contributed by atoms with Crippen LogP contribution in [0.3, 0.4) is 0 Å². The van der Waals surface area contributed by atoms with E-state index in [9.17, 15) is 13.6 Å². The van der Waals surface area contributed by atoms with Crippen LogP contribution >= 0.6 is 0 Å². The first-order chi connectivity index (χ1) is 12.6. The summed E-state index contributed by atoms with van der Waals surface area (Å²) >= 11 is 0. The molecule has 1 aliphatic heterocycles. The molecule has 26 heavy (non-hydrogen) atoms. The van der Waals surface area contributed by atoms with E-state index in [4.69, 9.17) is 0 Å². The number of nitrogens with zero attached hydrogens (tertiary/aromatic N) is 3. The summed E-state index contributed by atoms with van der Waals surface area (Å²) in [5, 5.41) is 11.1. The molecule has 1 amide bonds. The van der Waals surface area contributed by atoms with Gasteiger partial charge in [-0.2, -0.15) is 0 Å². The van der Waals surface area contributed by atoms with Crippen LogP contribution in [0.15, 0.2) is 42.5 Å². The van der Waals surface area contributed by atoms with Crippen LogP contribution in [0.5, 0.6) is 0 Å². The van der Waals surface area contributed by atoms with Crippen molar-refractivity contribution >= 4 is 11.6 Å². The maximum Gasteiger partial charge on any atom is 0.258 e. The molecule has 0 unspecified atom stereocenters. The lowest BCUT2D eigenvalue weighted by molar-refractivity contribution is 0.102. The van der Waals surface area contributed by atoms with Crippen molar-refractivity contribution in [3.05, 3.63) is 65.5 Å². The van der Waals surface area contributed by atoms with Gasteiger partial charge in [-0.1, -0.05) is 0 Å². The molecular formula is C19H16F2N4O. The minimum Gasteiger partial charge on any atom is -0.322 e. The van der Waals surface area contributed by atoms with Crippen LogP contribution < -0.4 is 5.32 Å². The summed E-state index contributed by atoms with van der Waals surface area (Å²) in [7, 11) is 0. The highest BCUT2D eigenvalue weighted by molar-refractivity contribution is 6.04. The molecule has 0 saturated carbocycles. The number of benzene rings is 2. The zero-order valence-electron chi connectivity index (χ0n) is 13.9. The fourth-order valence-electron chi connectivity index (χ4n) is 3.09. The van der Waals surface area contributed by atoms with Gasteiger partial charge in [0.25, 0.3) is 5.91 Å². The van der Waals surface area contributed by atoms with Crippen molar-refractivity contribution in [2.45, 2.75) is 25.8 Å². The molecule has 7 heteroatoms. The van der Waals surface area contributed by atoms with Gasteiger partial charge in [-0.05, 0) is 55.3 Å². The Kier molecular flexibility index (Phi) is 4.20. The van der Waals surface area contributed by atoms with Crippen molar-refractivity contribution in [3.63, 3.8) is 0 Å². The van der Waals surface area contributed by atoms with Crippen LogP contribution in [-0.4, -0.2) is 20.7 Å². The van der Waals surface area contributed by atoms with E-state index in [1.54, 1.807) is 12.1 Å². The average molecular weight is 354 g/mol. The summed E-state index contributed by atoms with van der Waals surface area (Å²) in [6.07, 6.45) is 3.16. The van der Waals surface area contributed by atoms with E-state index in [0.717, 1.165) is 61.2 Å². The fraction of sp³-hybridized carbons (Fsp3) is 0.211. The predicted octanol–water partition coefficient (Wildman–Crippen LogP) is 3.81. The molecule has 3 aromatic rings. The van der Waals surface area contributed by atoms with Crippen molar-refractivity contribution in [1.29, 1.82) is 0 Å². The molecule has 0 radical (unpaired) electrons. The van der Waals surface area contributed by atoms with E-state index in [1.807, 2.05) is 12.1 Å². The van der Waals surface area contributed by atoms with Gasteiger partial charge < -0.3 is 9.88 Å². The third kappa shape index (κ3) is 3.08. The molecule has 5 nitrogen and oxygen atoms in total. The number of carbonyl (C=O) groups excluding carboxylic acids is 1. The SMILES string of the molecule is O=C(Nc1ccc(-c2nnc3n2CCCC3)cc1)c1cc(F)ccc1F. The van der Waals surface area contributed by atoms with E-state index in [-0.39, 0.29) is 5.56 Å². The number of amides is 1. The normalized spacial score (nSPS) is 13.3. The van der Waals surface area contributed by atoms with Crippen LogP contribution in [-0.2, 0) is 13.0 Å². The van der Waals surface area contributed by atoms with Gasteiger partial charge in [0.2, 0.25) is 0 Å². The highest BCUT2D eigenvalue weighted by Gasteiger charge is 2.17. The maximum absolute atomic E-state index is 13.7. The highest BCUT2D eigenvalue weighted by Crippen LogP contribution is 2.24. The lowest BCUT2D eigenvalue weighted by Gasteiger charge is -2.14. The van der Waals surface area contributed by atoms with Gasteiger partial charge >= 0.3 is 0 Å². The Morgan fingerprint density at radius 3 is 2.65 bits per heavy atom. The second kappa shape index (κ2) is 6.67. The zero-order valence-corrected chi connectivity index (χ0v) is 13.9. The smallest absolute Gasteiger partial charge is 0.258 e. The summed E-state index contributed by atoms with van der Waals surface area (Å²) in [4.78, 5) is 12.1. The molecule has 2 aromatic carbocycles. The standard InChI is InChI=1S/C19H16F2N4O/c20-13-6-9-16(21)15(11-13)19(26)22-14-7-4-12(5-8-14)18-24-23-17-3-1-2-10-25(17)18/h4-9,11H,1-3,10H2,(H,22,26). The monoisotopic (exact) mass is 354 g/mol. The molecule has 1 aliphatic rings. The van der Waals surface area contributed by atoms with Crippen LogP contribution in [0, 0.1) is 11.6 Å². The fourth-order valence-corrected chi connectivity index (χ4v) is 3.09. The van der Waals surface area contributed by atoms with Gasteiger partial charge in [0.15, 0.2) is 5.82 Å². The van der Waals surface area contributed by atoms with Crippen LogP contribution in [0.1, 0.15) is 29.0 Å². The van der Waals surface area contributed by atoms with Gasteiger partial charge in [-0.25, -0.2) is 8.78 Å². The van der Waals surface area contributed by atoms with Gasteiger partial charge in [-0.3, -0.25) is 4.79 Å². The van der Waals surface area contributed by atoms with E-state index in [2.05, 4.69) is 20.1 Å². The Balaban J connectivity index is 1.54. The third-order valence-corrected chi connectivity index (χ3v) is 4.43. The summed E-state index contributed by atoms with van der Waals surface area (Å²) in [5.41, 5.74) is 1.04. The number of aryl methyl sites for hydroxylation is 1. The van der Waals surface area contributed by atoms with Crippen LogP contribution in [0.25, 0.3) is 11.4 Å². The number of carbonyl (C=O) groups is 1. The van der Waals surface area contributed by atoms with Gasteiger partial charge in [0.1, 0.15) is 17.5 Å². The second-order valence-corrected chi connectivity index (χ2v) is 6.20. The van der Waals surface area contributed by atoms with Gasteiger partial charge in [-0.15, -0.1) is 10.2 Å². The molecule has 1 aromatic heterocycles. The number of nitrogens with one attached hydrogen (secondary N) is 1. The van der Waals surface area contributed by atoms with Crippen molar-refractivity contribution in [1.82, 2.24) is 14.8 Å². The number of halogens is 2. The zero-order chi connectivity index (χ0) is 18.1. The minimum absolute atomic E-state index is 0.333. The Labute approximate surface area is 148 Å². The maximum atomic E-state index is 13.7. The molecule has 0 fully saturated rings. The van der Waals surface area contributed by atoms with Gasteiger partial charge in [0.05, 0.1) is 5.56 Å². The summed E-state index contributed by atoms with van der Waals surface area (Å²) < 4.78 is 29.0. The molecule has 0 saturated heterocycles. The molecule has 4 rings (SSSR count). The molecule has 1 N–H and O–H groups in total. The Morgan fingerprint density at radius 2 is 1.85 bits per heavy atom. The van der Waals surface area contributed by atoms with E-state index >= 15 is 0 Å². The topological polar surface area (TPSA) is 59.8 Å². The van der Waals surface area contributed by atoms with E-state index in [1.165, 1.54) is 0 Å². The largest absolute Gasteiger partial charge is 0.322 e. The molecule has 0 bridgehead atoms. The Morgan fingerprint density at radius 1 is 1.04 bits per heavy atom. The molecule has 132 valence electrons. The number of anilines is 1. The summed E-state index contributed by atoms with van der Waals surface area (Å²) in [6, 6.07) is 9.83. The van der Waals surface area contributed by atoms with Crippen LogP contribution in [0.4, 0.5) is 14.5 Å². The first kappa shape index (κ1) is 16.4. The Hall–Kier alpha value is -3.09.